The number of nitrogens with one attached hydrogen (secondary N) is 2. The average Bonchev–Trinajstić information content (AvgIpc) is 3.07. The first-order chi connectivity index (χ1) is 11.6. The van der Waals surface area contributed by atoms with Gasteiger partial charge in [0.05, 0.1) is 25.5 Å². The summed E-state index contributed by atoms with van der Waals surface area (Å²) >= 11 is 0. The molecule has 0 unspecified atom stereocenters. The van der Waals surface area contributed by atoms with Gasteiger partial charge in [-0.1, -0.05) is 13.8 Å². The van der Waals surface area contributed by atoms with E-state index in [2.05, 4.69) is 33.3 Å². The monoisotopic (exact) mass is 368 g/mol. The van der Waals surface area contributed by atoms with E-state index in [0.29, 0.717) is 25.2 Å². The third-order valence-corrected chi connectivity index (χ3v) is 6.29. The molecular weight excluding hydrogens is 338 g/mol. The van der Waals surface area contributed by atoms with Crippen LogP contribution in [0.2, 0.25) is 0 Å². The zero-order valence-electron chi connectivity index (χ0n) is 15.6. The van der Waals surface area contributed by atoms with Crippen LogP contribution in [0.1, 0.15) is 37.0 Å². The highest BCUT2D eigenvalue weighted by atomic mass is 32.2. The van der Waals surface area contributed by atoms with Crippen molar-refractivity contribution in [1.29, 1.82) is 0 Å². The van der Waals surface area contributed by atoms with Crippen molar-refractivity contribution >= 4 is 15.9 Å². The first-order valence-electron chi connectivity index (χ1n) is 8.79. The average molecular weight is 369 g/mol. The van der Waals surface area contributed by atoms with Gasteiger partial charge in [-0.3, -0.25) is 4.79 Å². The zero-order valence-corrected chi connectivity index (χ0v) is 16.4. The Morgan fingerprint density at radius 2 is 1.72 bits per heavy atom. The van der Waals surface area contributed by atoms with Crippen LogP contribution in [0.25, 0.3) is 0 Å². The van der Waals surface area contributed by atoms with Gasteiger partial charge < -0.3 is 10.2 Å². The maximum atomic E-state index is 12.5. The van der Waals surface area contributed by atoms with Gasteiger partial charge >= 0.3 is 0 Å². The maximum Gasteiger partial charge on any atom is 0.251 e. The highest BCUT2D eigenvalue weighted by Crippen LogP contribution is 2.21. The van der Waals surface area contributed by atoms with Crippen LogP contribution in [0.5, 0.6) is 0 Å². The van der Waals surface area contributed by atoms with Crippen molar-refractivity contribution in [3.63, 3.8) is 0 Å². The third kappa shape index (κ3) is 5.26. The minimum Gasteiger partial charge on any atom is -0.351 e. The van der Waals surface area contributed by atoms with Crippen molar-refractivity contribution in [2.45, 2.75) is 31.6 Å². The summed E-state index contributed by atoms with van der Waals surface area (Å²) in [6.07, 6.45) is 1.81. The molecule has 2 rings (SSSR count). The molecule has 0 bridgehead atoms. The van der Waals surface area contributed by atoms with Gasteiger partial charge in [-0.05, 0) is 37.1 Å². The molecule has 140 valence electrons. The Morgan fingerprint density at radius 3 is 2.24 bits per heavy atom. The number of hydrogen-bond acceptors (Lipinski definition) is 3. The number of carbonyl (C=O) groups excluding carboxylic acids is 1. The molecule has 1 aromatic carbocycles. The second-order valence-corrected chi connectivity index (χ2v) is 9.80. The number of benzene rings is 1. The maximum absolute atomic E-state index is 12.5. The van der Waals surface area contributed by atoms with E-state index in [1.165, 1.54) is 21.3 Å². The molecule has 1 heterocycles. The van der Waals surface area contributed by atoms with Gasteiger partial charge in [-0.15, -0.1) is 0 Å². The van der Waals surface area contributed by atoms with E-state index in [9.17, 15) is 13.2 Å². The van der Waals surface area contributed by atoms with Gasteiger partial charge in [0, 0.05) is 30.6 Å². The number of sulfonamides is 1. The quantitative estimate of drug-likeness (QED) is 0.731. The molecule has 1 aliphatic heterocycles. The van der Waals surface area contributed by atoms with Crippen molar-refractivity contribution in [2.24, 2.45) is 5.41 Å². The smallest absolute Gasteiger partial charge is 0.251 e. The highest BCUT2D eigenvalue weighted by molar-refractivity contribution is 7.89. The van der Waals surface area contributed by atoms with Gasteiger partial charge in [0.1, 0.15) is 0 Å². The van der Waals surface area contributed by atoms with Crippen molar-refractivity contribution in [2.75, 3.05) is 40.3 Å². The fraction of sp³-hybridized carbons (Fsp3) is 0.611. The van der Waals surface area contributed by atoms with Crippen molar-refractivity contribution in [3.8, 4) is 0 Å². The molecule has 1 aliphatic rings. The van der Waals surface area contributed by atoms with Crippen LogP contribution in [-0.2, 0) is 10.0 Å². The Bertz CT molecular complexity index is 691. The summed E-state index contributed by atoms with van der Waals surface area (Å²) in [6, 6.07) is 6.22. The molecule has 6 nitrogen and oxygen atoms in total. The summed E-state index contributed by atoms with van der Waals surface area (Å²) in [5.41, 5.74) is 0.474. The molecular formula is C18H30N3O3S+. The fourth-order valence-corrected chi connectivity index (χ4v) is 4.81. The van der Waals surface area contributed by atoms with Crippen LogP contribution in [0.15, 0.2) is 29.2 Å². The van der Waals surface area contributed by atoms with E-state index >= 15 is 0 Å². The number of quaternary nitrogens is 1. The second kappa shape index (κ2) is 7.85. The van der Waals surface area contributed by atoms with Crippen LogP contribution >= 0.6 is 0 Å². The Morgan fingerprint density at radius 1 is 1.16 bits per heavy atom. The van der Waals surface area contributed by atoms with E-state index in [1.54, 1.807) is 12.1 Å². The van der Waals surface area contributed by atoms with Crippen molar-refractivity contribution < 1.29 is 18.1 Å². The molecule has 1 saturated heterocycles. The SMILES string of the molecule is C[NH+](C)CC(C)(C)CNC(=O)c1ccc(S(=O)(=O)N2CCCC2)cc1. The minimum absolute atomic E-state index is 0.00642. The molecule has 0 spiro atoms. The molecule has 0 aliphatic carbocycles. The Labute approximate surface area is 151 Å². The normalized spacial score (nSPS) is 16.4. The van der Waals surface area contributed by atoms with E-state index < -0.39 is 10.0 Å². The summed E-state index contributed by atoms with van der Waals surface area (Å²) in [5.74, 6) is -0.174. The Kier molecular flexibility index (Phi) is 6.24. The number of rotatable bonds is 7. The van der Waals surface area contributed by atoms with Gasteiger partial charge in [-0.25, -0.2) is 8.42 Å². The molecule has 25 heavy (non-hydrogen) atoms. The predicted octanol–water partition coefficient (Wildman–Crippen LogP) is 0.372. The van der Waals surface area contributed by atoms with Gasteiger partial charge in [0.15, 0.2) is 0 Å². The molecule has 2 N–H and O–H groups in total. The highest BCUT2D eigenvalue weighted by Gasteiger charge is 2.27. The lowest BCUT2D eigenvalue weighted by Crippen LogP contribution is -3.07. The minimum atomic E-state index is -3.43. The lowest BCUT2D eigenvalue weighted by Gasteiger charge is -2.26. The zero-order chi connectivity index (χ0) is 18.7. The van der Waals surface area contributed by atoms with Crippen LogP contribution in [0.3, 0.4) is 0 Å². The summed E-state index contributed by atoms with van der Waals surface area (Å²) in [4.78, 5) is 13.9. The topological polar surface area (TPSA) is 70.9 Å². The predicted molar refractivity (Wildman–Crippen MR) is 98.2 cm³/mol. The Hall–Kier alpha value is -1.44. The van der Waals surface area contributed by atoms with Crippen molar-refractivity contribution in [3.05, 3.63) is 29.8 Å². The molecule has 0 atom stereocenters. The van der Waals surface area contributed by atoms with Gasteiger partial charge in [0.2, 0.25) is 10.0 Å². The Balaban J connectivity index is 2.00. The molecule has 1 aromatic rings. The summed E-state index contributed by atoms with van der Waals surface area (Å²) in [5, 5.41) is 2.95. The third-order valence-electron chi connectivity index (χ3n) is 4.38. The lowest BCUT2D eigenvalue weighted by atomic mass is 9.93. The largest absolute Gasteiger partial charge is 0.351 e. The number of amides is 1. The van der Waals surface area contributed by atoms with Crippen LogP contribution in [-0.4, -0.2) is 58.9 Å². The molecule has 0 saturated carbocycles. The standard InChI is InChI=1S/C18H29N3O3S/c1-18(2,14-20(3)4)13-19-17(22)15-7-9-16(10-8-15)25(23,24)21-11-5-6-12-21/h7-10H,5-6,11-14H2,1-4H3,(H,19,22)/p+1. The molecule has 7 heteroatoms. The van der Waals surface area contributed by atoms with Crippen molar-refractivity contribution in [1.82, 2.24) is 9.62 Å². The summed E-state index contributed by atoms with van der Waals surface area (Å²) in [7, 11) is 0.742. The van der Waals surface area contributed by atoms with E-state index in [4.69, 9.17) is 0 Å². The van der Waals surface area contributed by atoms with E-state index in [-0.39, 0.29) is 16.2 Å². The van der Waals surface area contributed by atoms with E-state index in [0.717, 1.165) is 19.4 Å². The fourth-order valence-electron chi connectivity index (χ4n) is 3.30. The number of carbonyl (C=O) groups is 1. The summed E-state index contributed by atoms with van der Waals surface area (Å²) in [6.45, 7) is 6.91. The lowest BCUT2D eigenvalue weighted by molar-refractivity contribution is -0.865. The van der Waals surface area contributed by atoms with Gasteiger partial charge in [-0.2, -0.15) is 4.31 Å². The van der Waals surface area contributed by atoms with Crippen LogP contribution in [0, 0.1) is 5.41 Å². The summed E-state index contributed by atoms with van der Waals surface area (Å²) < 4.78 is 26.5. The molecule has 0 radical (unpaired) electrons. The first kappa shape index (κ1) is 19.9. The first-order valence-corrected chi connectivity index (χ1v) is 10.2. The van der Waals surface area contributed by atoms with E-state index in [1.807, 2.05) is 0 Å². The molecule has 1 amide bonds. The van der Waals surface area contributed by atoms with Gasteiger partial charge in [0.25, 0.3) is 5.91 Å². The number of nitrogens with zero attached hydrogens (tertiary/aromatic N) is 1. The van der Waals surface area contributed by atoms with Crippen LogP contribution in [0.4, 0.5) is 0 Å². The number of hydrogen-bond donors (Lipinski definition) is 2. The molecule has 0 aromatic heterocycles. The second-order valence-electron chi connectivity index (χ2n) is 7.87. The molecule has 1 fully saturated rings. The van der Waals surface area contributed by atoms with Crippen LogP contribution < -0.4 is 10.2 Å².